The second-order valence-electron chi connectivity index (χ2n) is 13.9. The molecule has 6 aromatic carbocycles. The van der Waals surface area contributed by atoms with Gasteiger partial charge in [-0.25, -0.2) is 0 Å². The van der Waals surface area contributed by atoms with Crippen molar-refractivity contribution in [2.75, 3.05) is 6.61 Å². The predicted octanol–water partition coefficient (Wildman–Crippen LogP) is 9.89. The molecular weight excluding hydrogens is 685 g/mol. The fourth-order valence-electron chi connectivity index (χ4n) is 6.97. The smallest absolute Gasteiger partial charge is 0.193 e. The summed E-state index contributed by atoms with van der Waals surface area (Å²) in [5.74, 6) is -0.0502. The highest BCUT2D eigenvalue weighted by Gasteiger charge is 2.49. The molecule has 0 aliphatic carbocycles. The number of benzene rings is 6. The molecule has 1 saturated heterocycles. The molecule has 7 rings (SSSR count). The zero-order valence-corrected chi connectivity index (χ0v) is 31.2. The first-order valence-electron chi connectivity index (χ1n) is 19.1. The third-order valence-corrected chi connectivity index (χ3v) is 9.99. The highest BCUT2D eigenvalue weighted by Crippen LogP contribution is 2.39. The van der Waals surface area contributed by atoms with Gasteiger partial charge < -0.3 is 23.7 Å². The van der Waals surface area contributed by atoms with Crippen LogP contribution in [0.3, 0.4) is 0 Å². The number of hydrogen-bond acceptors (Lipinski definition) is 6. The van der Waals surface area contributed by atoms with Crippen molar-refractivity contribution in [1.29, 1.82) is 0 Å². The van der Waals surface area contributed by atoms with Gasteiger partial charge in [-0.1, -0.05) is 171 Å². The van der Waals surface area contributed by atoms with Crippen LogP contribution in [-0.4, -0.2) is 36.8 Å². The summed E-state index contributed by atoms with van der Waals surface area (Å²) in [6.07, 6.45) is -1.97. The summed E-state index contributed by atoms with van der Waals surface area (Å²) < 4.78 is 34.1. The minimum atomic E-state index is -0.610. The zero-order chi connectivity index (χ0) is 37.7. The van der Waals surface area contributed by atoms with Gasteiger partial charge >= 0.3 is 0 Å². The lowest BCUT2D eigenvalue weighted by atomic mass is 9.89. The maximum Gasteiger partial charge on any atom is 0.193 e. The van der Waals surface area contributed by atoms with E-state index in [1.807, 2.05) is 146 Å². The largest absolute Gasteiger partial charge is 0.374 e. The molecule has 55 heavy (non-hydrogen) atoms. The van der Waals surface area contributed by atoms with Gasteiger partial charge in [0.05, 0.1) is 33.0 Å². The SMILES string of the molecule is CCc1ccc(C(=O)c2cccc([C@@H]3O[C@H](COCc4ccccc4)[C@@H](OCc4ccccc4)[C@H](OCc4ccccc4)[C@H]3OCc3ccccc3)c2)cc1. The van der Waals surface area contributed by atoms with Crippen molar-refractivity contribution in [3.63, 3.8) is 0 Å². The highest BCUT2D eigenvalue weighted by atomic mass is 16.6. The van der Waals surface area contributed by atoms with Crippen LogP contribution in [0.2, 0.25) is 0 Å². The number of carbonyl (C=O) groups is 1. The molecular formula is C49H48O6. The van der Waals surface area contributed by atoms with Crippen LogP contribution < -0.4 is 0 Å². The van der Waals surface area contributed by atoms with Crippen LogP contribution in [0.1, 0.15) is 62.3 Å². The Hall–Kier alpha value is -5.21. The summed E-state index contributed by atoms with van der Waals surface area (Å²) in [4.78, 5) is 13.9. The maximum absolute atomic E-state index is 13.9. The fraction of sp³-hybridized carbons (Fsp3) is 0.245. The Bertz CT molecular complexity index is 2040. The molecule has 0 saturated carbocycles. The molecule has 1 aliphatic rings. The van der Waals surface area contributed by atoms with Crippen LogP contribution in [0.25, 0.3) is 0 Å². The maximum atomic E-state index is 13.9. The molecule has 5 atom stereocenters. The average Bonchev–Trinajstić information content (AvgIpc) is 3.25. The van der Waals surface area contributed by atoms with Crippen molar-refractivity contribution in [2.24, 2.45) is 0 Å². The van der Waals surface area contributed by atoms with Gasteiger partial charge in [-0.3, -0.25) is 4.79 Å². The highest BCUT2D eigenvalue weighted by molar-refractivity contribution is 6.09. The van der Waals surface area contributed by atoms with Gasteiger partial charge in [-0.15, -0.1) is 0 Å². The van der Waals surface area contributed by atoms with Crippen LogP contribution in [0, 0.1) is 0 Å². The van der Waals surface area contributed by atoms with E-state index in [-0.39, 0.29) is 12.4 Å². The summed E-state index contributed by atoms with van der Waals surface area (Å²) in [5, 5.41) is 0. The summed E-state index contributed by atoms with van der Waals surface area (Å²) >= 11 is 0. The number of aryl methyl sites for hydroxylation is 1. The third kappa shape index (κ3) is 10.3. The number of ether oxygens (including phenoxy) is 5. The average molecular weight is 733 g/mol. The topological polar surface area (TPSA) is 63.2 Å². The van der Waals surface area contributed by atoms with Gasteiger partial charge in [0.15, 0.2) is 5.78 Å². The van der Waals surface area contributed by atoms with Gasteiger partial charge in [0.2, 0.25) is 0 Å². The van der Waals surface area contributed by atoms with Crippen molar-refractivity contribution < 1.29 is 28.5 Å². The monoisotopic (exact) mass is 732 g/mol. The van der Waals surface area contributed by atoms with Crippen LogP contribution in [0.5, 0.6) is 0 Å². The molecule has 0 bridgehead atoms. The second kappa shape index (κ2) is 19.4. The lowest BCUT2D eigenvalue weighted by Gasteiger charge is -2.46. The van der Waals surface area contributed by atoms with Crippen molar-refractivity contribution in [2.45, 2.75) is 70.3 Å². The molecule has 0 unspecified atom stereocenters. The molecule has 0 amide bonds. The van der Waals surface area contributed by atoms with E-state index in [1.54, 1.807) is 0 Å². The Morgan fingerprint density at radius 2 is 0.982 bits per heavy atom. The van der Waals surface area contributed by atoms with Crippen LogP contribution >= 0.6 is 0 Å². The van der Waals surface area contributed by atoms with E-state index in [9.17, 15) is 4.79 Å². The predicted molar refractivity (Wildman–Crippen MR) is 214 cm³/mol. The van der Waals surface area contributed by atoms with Crippen molar-refractivity contribution >= 4 is 5.78 Å². The third-order valence-electron chi connectivity index (χ3n) is 9.99. The standard InChI is InChI=1S/C49H48O6/c1-2-36-26-28-41(29-27-36)45(50)42-24-15-25-43(30-42)46-48(53-33-39-20-11-5-12-21-39)49(54-34-40-22-13-6-14-23-40)47(52-32-38-18-9-4-10-19-38)44(55-46)35-51-31-37-16-7-3-8-17-37/h3-30,44,46-49H,2,31-35H2,1H3/t44-,46+,47-,48+,49+/m1/s1. The van der Waals surface area contributed by atoms with Gasteiger partial charge in [0.25, 0.3) is 0 Å². The first-order valence-corrected chi connectivity index (χ1v) is 19.1. The molecule has 1 fully saturated rings. The lowest BCUT2D eigenvalue weighted by molar-refractivity contribution is -0.275. The quantitative estimate of drug-likeness (QED) is 0.0871. The van der Waals surface area contributed by atoms with Crippen molar-refractivity contribution in [3.05, 3.63) is 214 Å². The minimum Gasteiger partial charge on any atom is -0.374 e. The van der Waals surface area contributed by atoms with E-state index in [1.165, 1.54) is 5.56 Å². The number of ketones is 1. The number of hydrogen-bond donors (Lipinski definition) is 0. The number of rotatable bonds is 17. The van der Waals surface area contributed by atoms with E-state index in [0.29, 0.717) is 37.6 Å². The summed E-state index contributed by atoms with van der Waals surface area (Å²) in [7, 11) is 0. The molecule has 0 aromatic heterocycles. The molecule has 6 nitrogen and oxygen atoms in total. The Labute approximate surface area is 324 Å². The summed E-state index contributed by atoms with van der Waals surface area (Å²) in [5.41, 5.74) is 7.38. The van der Waals surface area contributed by atoms with Gasteiger partial charge in [0.1, 0.15) is 30.5 Å². The Balaban J connectivity index is 1.26. The van der Waals surface area contributed by atoms with Crippen molar-refractivity contribution in [1.82, 2.24) is 0 Å². The normalized spacial score (nSPS) is 19.5. The Kier molecular flexibility index (Phi) is 13.4. The molecule has 6 aromatic rings. The van der Waals surface area contributed by atoms with Crippen LogP contribution in [-0.2, 0) is 56.5 Å². The van der Waals surface area contributed by atoms with E-state index >= 15 is 0 Å². The summed E-state index contributed by atoms with van der Waals surface area (Å²) in [6, 6.07) is 56.0. The van der Waals surface area contributed by atoms with E-state index < -0.39 is 30.5 Å². The number of carbonyl (C=O) groups excluding carboxylic acids is 1. The fourth-order valence-corrected chi connectivity index (χ4v) is 6.97. The lowest BCUT2D eigenvalue weighted by Crippen LogP contribution is -2.58. The van der Waals surface area contributed by atoms with E-state index in [0.717, 1.165) is 34.2 Å². The van der Waals surface area contributed by atoms with Crippen molar-refractivity contribution in [3.8, 4) is 0 Å². The van der Waals surface area contributed by atoms with Crippen LogP contribution in [0.15, 0.2) is 170 Å². The van der Waals surface area contributed by atoms with Gasteiger partial charge in [0, 0.05) is 11.1 Å². The van der Waals surface area contributed by atoms with Gasteiger partial charge in [-0.2, -0.15) is 0 Å². The zero-order valence-electron chi connectivity index (χ0n) is 31.2. The second-order valence-corrected chi connectivity index (χ2v) is 13.9. The van der Waals surface area contributed by atoms with E-state index in [2.05, 4.69) is 31.2 Å². The van der Waals surface area contributed by atoms with E-state index in [4.69, 9.17) is 23.7 Å². The molecule has 0 N–H and O–H groups in total. The molecule has 1 aliphatic heterocycles. The Morgan fingerprint density at radius 1 is 0.491 bits per heavy atom. The molecule has 1 heterocycles. The van der Waals surface area contributed by atoms with Gasteiger partial charge in [-0.05, 0) is 45.9 Å². The first kappa shape index (κ1) is 38.1. The minimum absolute atomic E-state index is 0.0502. The first-order chi connectivity index (χ1) is 27.1. The molecule has 6 heteroatoms. The summed E-state index contributed by atoms with van der Waals surface area (Å²) in [6.45, 7) is 3.81. The molecule has 280 valence electrons. The molecule has 0 radical (unpaired) electrons. The molecule has 0 spiro atoms. The van der Waals surface area contributed by atoms with Crippen LogP contribution in [0.4, 0.5) is 0 Å². The Morgan fingerprint density at radius 3 is 1.51 bits per heavy atom.